The van der Waals surface area contributed by atoms with Gasteiger partial charge in [-0.1, -0.05) is 23.3 Å². The molecule has 0 N–H and O–H groups in total. The van der Waals surface area contributed by atoms with Crippen LogP contribution in [0.3, 0.4) is 0 Å². The number of hydrogen-bond acceptors (Lipinski definition) is 4. The molecule has 0 aliphatic rings. The van der Waals surface area contributed by atoms with Crippen LogP contribution in [0.5, 0.6) is 0 Å². The average molecular weight is 355 g/mol. The second kappa shape index (κ2) is 6.67. The van der Waals surface area contributed by atoms with Crippen molar-refractivity contribution in [3.8, 4) is 12.3 Å². The van der Waals surface area contributed by atoms with Gasteiger partial charge in [0.1, 0.15) is 5.82 Å². The molecule has 124 valence electrons. The number of terminal acetylenes is 1. The second-order valence-corrected chi connectivity index (χ2v) is 5.99. The van der Waals surface area contributed by atoms with Gasteiger partial charge in [-0.2, -0.15) is 4.99 Å². The number of halogens is 1. The van der Waals surface area contributed by atoms with Crippen LogP contribution in [0.1, 0.15) is 10.4 Å². The fraction of sp³-hybridized carbons (Fsp3) is 0.0588. The number of aromatic nitrogens is 1. The Balaban J connectivity index is 2.10. The molecule has 6 nitrogen and oxygen atoms in total. The van der Waals surface area contributed by atoms with Gasteiger partial charge in [0, 0.05) is 17.7 Å². The molecule has 0 radical (unpaired) electrons. The molecule has 0 spiro atoms. The highest BCUT2D eigenvalue weighted by molar-refractivity contribution is 7.16. The maximum atomic E-state index is 14.1. The van der Waals surface area contributed by atoms with Crippen LogP contribution in [0.2, 0.25) is 0 Å². The molecule has 0 bridgehead atoms. The summed E-state index contributed by atoms with van der Waals surface area (Å²) in [5.41, 5.74) is 0.361. The normalized spacial score (nSPS) is 11.4. The van der Waals surface area contributed by atoms with Gasteiger partial charge in [0.25, 0.3) is 11.6 Å². The molecule has 8 heteroatoms. The molecule has 3 aromatic rings. The number of nitrogens with zero attached hydrogens (tertiary/aromatic N) is 3. The molecule has 1 aromatic heterocycles. The fourth-order valence-corrected chi connectivity index (χ4v) is 3.33. The largest absolute Gasteiger partial charge is 0.302 e. The van der Waals surface area contributed by atoms with Gasteiger partial charge in [-0.05, 0) is 24.3 Å². The first-order chi connectivity index (χ1) is 12.0. The molecule has 1 heterocycles. The highest BCUT2D eigenvalue weighted by Gasteiger charge is 2.13. The third-order valence-corrected chi connectivity index (χ3v) is 4.47. The van der Waals surface area contributed by atoms with Gasteiger partial charge < -0.3 is 4.57 Å². The van der Waals surface area contributed by atoms with Crippen LogP contribution in [-0.2, 0) is 6.54 Å². The first kappa shape index (κ1) is 16.5. The Morgan fingerprint density at radius 1 is 1.32 bits per heavy atom. The monoisotopic (exact) mass is 355 g/mol. The zero-order valence-electron chi connectivity index (χ0n) is 12.7. The van der Waals surface area contributed by atoms with E-state index in [9.17, 15) is 19.3 Å². The minimum absolute atomic E-state index is 0.0628. The van der Waals surface area contributed by atoms with Gasteiger partial charge in [-0.25, -0.2) is 4.39 Å². The van der Waals surface area contributed by atoms with E-state index < -0.39 is 16.6 Å². The van der Waals surface area contributed by atoms with Crippen molar-refractivity contribution in [2.24, 2.45) is 4.99 Å². The van der Waals surface area contributed by atoms with Gasteiger partial charge in [-0.3, -0.25) is 14.9 Å². The first-order valence-electron chi connectivity index (χ1n) is 7.06. The number of benzene rings is 2. The van der Waals surface area contributed by atoms with Gasteiger partial charge >= 0.3 is 0 Å². The van der Waals surface area contributed by atoms with E-state index >= 15 is 0 Å². The van der Waals surface area contributed by atoms with E-state index in [1.807, 2.05) is 0 Å². The van der Waals surface area contributed by atoms with Crippen LogP contribution in [0.4, 0.5) is 10.1 Å². The topological polar surface area (TPSA) is 77.5 Å². The van der Waals surface area contributed by atoms with Gasteiger partial charge in [0.2, 0.25) is 0 Å². The lowest BCUT2D eigenvalue weighted by Gasteiger charge is -2.00. The Bertz CT molecular complexity index is 1090. The number of para-hydroxylation sites is 1. The van der Waals surface area contributed by atoms with Crippen LogP contribution in [-0.4, -0.2) is 15.4 Å². The molecular formula is C17H10FN3O3S. The molecule has 1 amide bonds. The lowest BCUT2D eigenvalue weighted by Crippen LogP contribution is -2.17. The van der Waals surface area contributed by atoms with Crippen molar-refractivity contribution in [2.45, 2.75) is 6.54 Å². The summed E-state index contributed by atoms with van der Waals surface area (Å²) < 4.78 is 16.2. The summed E-state index contributed by atoms with van der Waals surface area (Å²) in [7, 11) is 0. The highest BCUT2D eigenvalue weighted by atomic mass is 32.1. The lowest BCUT2D eigenvalue weighted by atomic mass is 10.2. The Morgan fingerprint density at radius 2 is 2.04 bits per heavy atom. The Kier molecular flexibility index (Phi) is 4.41. The minimum Gasteiger partial charge on any atom is -0.302 e. The van der Waals surface area contributed by atoms with Crippen molar-refractivity contribution in [2.75, 3.05) is 0 Å². The minimum atomic E-state index is -0.590. The first-order valence-corrected chi connectivity index (χ1v) is 7.87. The van der Waals surface area contributed by atoms with Crippen LogP contribution < -0.4 is 4.80 Å². The predicted octanol–water partition coefficient (Wildman–Crippen LogP) is 3.12. The molecule has 0 unspecified atom stereocenters. The smallest absolute Gasteiger partial charge is 0.279 e. The molecule has 0 saturated heterocycles. The van der Waals surface area contributed by atoms with Crippen LogP contribution >= 0.6 is 11.3 Å². The van der Waals surface area contributed by atoms with E-state index in [-0.39, 0.29) is 22.6 Å². The number of fused-ring (bicyclic) bond motifs is 1. The number of hydrogen-bond donors (Lipinski definition) is 0. The summed E-state index contributed by atoms with van der Waals surface area (Å²) in [5, 5.41) is 10.7. The average Bonchev–Trinajstić information content (AvgIpc) is 2.94. The van der Waals surface area contributed by atoms with Crippen molar-refractivity contribution >= 4 is 33.1 Å². The fourth-order valence-electron chi connectivity index (χ4n) is 2.29. The van der Waals surface area contributed by atoms with Gasteiger partial charge in [0.05, 0.1) is 21.7 Å². The number of carbonyl (C=O) groups excluding carboxylic acids is 1. The Hall–Kier alpha value is -3.31. The number of nitro benzene ring substituents is 1. The standard InChI is InChI=1S/C17H10FN3O3S/c1-2-10-20-15-13(18)4-3-5-14(15)25-17(20)19-16(22)11-6-8-12(9-7-11)21(23)24/h1,3-9H,10H2. The molecule has 0 aliphatic carbocycles. The van der Waals surface area contributed by atoms with E-state index in [2.05, 4.69) is 10.9 Å². The molecule has 3 rings (SSSR count). The molecule has 2 aromatic carbocycles. The van der Waals surface area contributed by atoms with Crippen molar-refractivity contribution in [1.82, 2.24) is 4.57 Å². The van der Waals surface area contributed by atoms with Gasteiger partial charge in [0.15, 0.2) is 4.80 Å². The zero-order chi connectivity index (χ0) is 18.0. The summed E-state index contributed by atoms with van der Waals surface area (Å²) >= 11 is 1.14. The summed E-state index contributed by atoms with van der Waals surface area (Å²) in [5.74, 6) is 1.38. The van der Waals surface area contributed by atoms with Crippen LogP contribution in [0, 0.1) is 28.3 Å². The van der Waals surface area contributed by atoms with Crippen molar-refractivity contribution in [3.63, 3.8) is 0 Å². The zero-order valence-corrected chi connectivity index (χ0v) is 13.5. The maximum absolute atomic E-state index is 14.1. The summed E-state index contributed by atoms with van der Waals surface area (Å²) in [6, 6.07) is 9.68. The molecule has 25 heavy (non-hydrogen) atoms. The van der Waals surface area contributed by atoms with Crippen molar-refractivity contribution < 1.29 is 14.1 Å². The molecular weight excluding hydrogens is 345 g/mol. The van der Waals surface area contributed by atoms with E-state index in [0.29, 0.717) is 10.2 Å². The van der Waals surface area contributed by atoms with Crippen LogP contribution in [0.15, 0.2) is 47.5 Å². The summed E-state index contributed by atoms with van der Waals surface area (Å²) in [4.78, 5) is 26.7. The molecule has 0 saturated carbocycles. The second-order valence-electron chi connectivity index (χ2n) is 4.98. The Morgan fingerprint density at radius 3 is 2.68 bits per heavy atom. The van der Waals surface area contributed by atoms with E-state index in [0.717, 1.165) is 11.3 Å². The SMILES string of the molecule is C#CCn1c(=NC(=O)c2ccc([N+](=O)[O-])cc2)sc2cccc(F)c21. The number of amides is 1. The van der Waals surface area contributed by atoms with E-state index in [1.165, 1.54) is 34.9 Å². The number of non-ortho nitro benzene ring substituents is 1. The molecule has 0 atom stereocenters. The third-order valence-electron chi connectivity index (χ3n) is 3.42. The van der Waals surface area contributed by atoms with Crippen molar-refractivity contribution in [1.29, 1.82) is 0 Å². The summed E-state index contributed by atoms with van der Waals surface area (Å²) in [6.45, 7) is 0.0628. The van der Waals surface area contributed by atoms with E-state index in [4.69, 9.17) is 6.42 Å². The highest BCUT2D eigenvalue weighted by Crippen LogP contribution is 2.20. The molecule has 0 aliphatic heterocycles. The number of nitro groups is 1. The van der Waals surface area contributed by atoms with E-state index in [1.54, 1.807) is 12.1 Å². The maximum Gasteiger partial charge on any atom is 0.279 e. The number of thiazole rings is 1. The van der Waals surface area contributed by atoms with Crippen LogP contribution in [0.25, 0.3) is 10.2 Å². The quantitative estimate of drug-likeness (QED) is 0.411. The molecule has 0 fully saturated rings. The van der Waals surface area contributed by atoms with Gasteiger partial charge in [-0.15, -0.1) is 6.42 Å². The third kappa shape index (κ3) is 3.18. The summed E-state index contributed by atoms with van der Waals surface area (Å²) in [6.07, 6.45) is 5.34. The lowest BCUT2D eigenvalue weighted by molar-refractivity contribution is -0.384. The number of rotatable bonds is 3. The van der Waals surface area contributed by atoms with Crippen molar-refractivity contribution in [3.05, 3.63) is 68.8 Å². The Labute approximate surface area is 145 Å². The number of carbonyl (C=O) groups is 1. The predicted molar refractivity (Wildman–Crippen MR) is 91.6 cm³/mol.